The molecule has 26 heavy (non-hydrogen) atoms. The fourth-order valence-electron chi connectivity index (χ4n) is 4.89. The summed E-state index contributed by atoms with van der Waals surface area (Å²) in [5.41, 5.74) is 0. The number of unbranched alkanes of at least 4 members (excludes halogenated alkanes) is 1. The Labute approximate surface area is 162 Å². The zero-order valence-corrected chi connectivity index (χ0v) is 16.7. The van der Waals surface area contributed by atoms with Crippen molar-refractivity contribution in [1.82, 2.24) is 4.98 Å². The van der Waals surface area contributed by atoms with Crippen LogP contribution in [0.4, 0.5) is 0 Å². The molecule has 0 aliphatic heterocycles. The highest BCUT2D eigenvalue weighted by Crippen LogP contribution is 2.42. The second-order valence-electron chi connectivity index (χ2n) is 8.27. The van der Waals surface area contributed by atoms with Crippen LogP contribution in [-0.4, -0.2) is 11.0 Å². The summed E-state index contributed by atoms with van der Waals surface area (Å²) in [6.45, 7) is 2.29. The molecular formula is C22H32ClNO2. The van der Waals surface area contributed by atoms with E-state index in [-0.39, 0.29) is 11.9 Å². The van der Waals surface area contributed by atoms with E-state index in [0.29, 0.717) is 10.9 Å². The molecule has 0 amide bonds. The van der Waals surface area contributed by atoms with Crippen LogP contribution in [0.3, 0.4) is 0 Å². The average Bonchev–Trinajstić information content (AvgIpc) is 2.68. The van der Waals surface area contributed by atoms with Gasteiger partial charge in [-0.1, -0.05) is 50.6 Å². The normalized spacial score (nSPS) is 29.3. The van der Waals surface area contributed by atoms with Crippen LogP contribution in [0.1, 0.15) is 77.6 Å². The molecule has 0 saturated heterocycles. The number of hydrogen-bond acceptors (Lipinski definition) is 3. The number of esters is 1. The highest BCUT2D eigenvalue weighted by molar-refractivity contribution is 6.29. The maximum absolute atomic E-state index is 12.4. The molecule has 0 unspecified atom stereocenters. The summed E-state index contributed by atoms with van der Waals surface area (Å²) in [5, 5.41) is 0.412. The summed E-state index contributed by atoms with van der Waals surface area (Å²) >= 11 is 5.77. The molecule has 1 heterocycles. The van der Waals surface area contributed by atoms with Crippen LogP contribution in [0.25, 0.3) is 0 Å². The first-order valence-corrected chi connectivity index (χ1v) is 10.9. The minimum Gasteiger partial charge on any atom is -0.425 e. The van der Waals surface area contributed by atoms with Gasteiger partial charge in [0.2, 0.25) is 0 Å². The maximum atomic E-state index is 12.4. The second-order valence-corrected chi connectivity index (χ2v) is 8.66. The van der Waals surface area contributed by atoms with E-state index in [2.05, 4.69) is 11.9 Å². The van der Waals surface area contributed by atoms with E-state index in [0.717, 1.165) is 30.6 Å². The van der Waals surface area contributed by atoms with Crippen LogP contribution in [0.2, 0.25) is 5.15 Å². The number of aromatic nitrogens is 1. The number of nitrogens with zero attached hydrogens (tertiary/aromatic N) is 1. The first kappa shape index (κ1) is 19.7. The van der Waals surface area contributed by atoms with Crippen LogP contribution in [-0.2, 0) is 4.79 Å². The molecule has 1 aromatic rings. The first-order chi connectivity index (χ1) is 12.7. The van der Waals surface area contributed by atoms with Crippen molar-refractivity contribution in [2.24, 2.45) is 23.7 Å². The van der Waals surface area contributed by atoms with Gasteiger partial charge in [0.25, 0.3) is 0 Å². The number of pyridine rings is 1. The van der Waals surface area contributed by atoms with Gasteiger partial charge in [-0.2, -0.15) is 0 Å². The van der Waals surface area contributed by atoms with E-state index in [4.69, 9.17) is 16.3 Å². The Bertz CT molecular complexity index is 558. The molecule has 0 bridgehead atoms. The number of rotatable bonds is 6. The fourth-order valence-corrected chi connectivity index (χ4v) is 5.00. The summed E-state index contributed by atoms with van der Waals surface area (Å²) in [6.07, 6.45) is 15.6. The summed E-state index contributed by atoms with van der Waals surface area (Å²) in [5.74, 6) is 3.13. The van der Waals surface area contributed by atoms with E-state index in [1.165, 1.54) is 64.0 Å². The zero-order chi connectivity index (χ0) is 18.4. The average molecular weight is 378 g/mol. The van der Waals surface area contributed by atoms with Gasteiger partial charge in [-0.3, -0.25) is 4.79 Å². The van der Waals surface area contributed by atoms with E-state index >= 15 is 0 Å². The van der Waals surface area contributed by atoms with Crippen molar-refractivity contribution in [1.29, 1.82) is 0 Å². The van der Waals surface area contributed by atoms with Gasteiger partial charge in [-0.25, -0.2) is 4.98 Å². The Kier molecular flexibility index (Phi) is 7.36. The van der Waals surface area contributed by atoms with Crippen LogP contribution < -0.4 is 4.74 Å². The zero-order valence-electron chi connectivity index (χ0n) is 16.0. The lowest BCUT2D eigenvalue weighted by molar-refractivity contribution is -0.140. The second kappa shape index (κ2) is 9.73. The van der Waals surface area contributed by atoms with Crippen molar-refractivity contribution in [2.45, 2.75) is 77.6 Å². The molecule has 0 spiro atoms. The highest BCUT2D eigenvalue weighted by Gasteiger charge is 2.33. The summed E-state index contributed by atoms with van der Waals surface area (Å²) < 4.78 is 5.48. The summed E-state index contributed by atoms with van der Waals surface area (Å²) in [6, 6.07) is 3.35. The summed E-state index contributed by atoms with van der Waals surface area (Å²) in [4.78, 5) is 16.4. The van der Waals surface area contributed by atoms with Gasteiger partial charge in [0, 0.05) is 0 Å². The van der Waals surface area contributed by atoms with Crippen molar-refractivity contribution in [3.05, 3.63) is 23.5 Å². The van der Waals surface area contributed by atoms with Crippen molar-refractivity contribution < 1.29 is 9.53 Å². The lowest BCUT2D eigenvalue weighted by Gasteiger charge is -2.37. The molecule has 2 aliphatic rings. The third-order valence-corrected chi connectivity index (χ3v) is 6.77. The Balaban J connectivity index is 1.40. The molecular weight excluding hydrogens is 346 g/mol. The SMILES string of the molecule is CCCC[C@H]1CC[C@H](C2CCC(C(=O)Oc3ccc(Cl)nc3)CC2)CC1. The number of carbonyl (C=O) groups is 1. The molecule has 0 N–H and O–H groups in total. The van der Waals surface area contributed by atoms with Gasteiger partial charge in [-0.15, -0.1) is 0 Å². The smallest absolute Gasteiger partial charge is 0.314 e. The van der Waals surface area contributed by atoms with Gasteiger partial charge in [0.1, 0.15) is 10.9 Å². The van der Waals surface area contributed by atoms with Gasteiger partial charge in [0.15, 0.2) is 0 Å². The molecule has 0 atom stereocenters. The third-order valence-electron chi connectivity index (χ3n) is 6.55. The third kappa shape index (κ3) is 5.45. The molecule has 0 radical (unpaired) electrons. The molecule has 1 aromatic heterocycles. The Hall–Kier alpha value is -1.09. The quantitative estimate of drug-likeness (QED) is 0.422. The Morgan fingerprint density at radius 2 is 1.73 bits per heavy atom. The van der Waals surface area contributed by atoms with Crippen LogP contribution in [0.5, 0.6) is 5.75 Å². The maximum Gasteiger partial charge on any atom is 0.314 e. The molecule has 2 fully saturated rings. The topological polar surface area (TPSA) is 39.2 Å². The number of hydrogen-bond donors (Lipinski definition) is 0. The van der Waals surface area contributed by atoms with Crippen molar-refractivity contribution in [3.8, 4) is 5.75 Å². The van der Waals surface area contributed by atoms with E-state index in [1.807, 2.05) is 0 Å². The van der Waals surface area contributed by atoms with E-state index < -0.39 is 0 Å². The first-order valence-electron chi connectivity index (χ1n) is 10.5. The van der Waals surface area contributed by atoms with E-state index in [9.17, 15) is 4.79 Å². The molecule has 3 nitrogen and oxygen atoms in total. The summed E-state index contributed by atoms with van der Waals surface area (Å²) in [7, 11) is 0. The van der Waals surface area contributed by atoms with Gasteiger partial charge >= 0.3 is 5.97 Å². The number of ether oxygens (including phenoxy) is 1. The lowest BCUT2D eigenvalue weighted by Crippen LogP contribution is -2.30. The van der Waals surface area contributed by atoms with Gasteiger partial charge in [-0.05, 0) is 68.4 Å². The molecule has 3 rings (SSSR count). The number of halogens is 1. The van der Waals surface area contributed by atoms with Crippen molar-refractivity contribution in [2.75, 3.05) is 0 Å². The molecule has 4 heteroatoms. The highest BCUT2D eigenvalue weighted by atomic mass is 35.5. The fraction of sp³-hybridized carbons (Fsp3) is 0.727. The van der Waals surface area contributed by atoms with Crippen LogP contribution in [0, 0.1) is 23.7 Å². The molecule has 144 valence electrons. The lowest BCUT2D eigenvalue weighted by atomic mass is 9.68. The Morgan fingerprint density at radius 3 is 2.31 bits per heavy atom. The predicted molar refractivity (Wildman–Crippen MR) is 105 cm³/mol. The molecule has 0 aromatic carbocycles. The van der Waals surface area contributed by atoms with Crippen LogP contribution >= 0.6 is 11.6 Å². The Morgan fingerprint density at radius 1 is 1.08 bits per heavy atom. The van der Waals surface area contributed by atoms with E-state index in [1.54, 1.807) is 12.1 Å². The largest absolute Gasteiger partial charge is 0.425 e. The monoisotopic (exact) mass is 377 g/mol. The van der Waals surface area contributed by atoms with Crippen molar-refractivity contribution >= 4 is 17.6 Å². The standard InChI is InChI=1S/C22H32ClNO2/c1-2-3-4-16-5-7-17(8-6-16)18-9-11-19(12-10-18)22(25)26-20-13-14-21(23)24-15-20/h13-19H,2-12H2,1H3/t16-,17-,18?,19?. The van der Waals surface area contributed by atoms with Gasteiger partial charge in [0.05, 0.1) is 12.1 Å². The van der Waals surface area contributed by atoms with Crippen LogP contribution in [0.15, 0.2) is 18.3 Å². The van der Waals surface area contributed by atoms with Crippen molar-refractivity contribution in [3.63, 3.8) is 0 Å². The minimum absolute atomic E-state index is 0.0443. The molecule has 2 saturated carbocycles. The van der Waals surface area contributed by atoms with Gasteiger partial charge < -0.3 is 4.74 Å². The minimum atomic E-state index is -0.101. The predicted octanol–water partition coefficient (Wildman–Crippen LogP) is 6.44. The molecule has 2 aliphatic carbocycles. The number of carbonyl (C=O) groups excluding carboxylic acids is 1.